The molecule has 1 aliphatic heterocycles. The Balaban J connectivity index is 1.39. The highest BCUT2D eigenvalue weighted by Gasteiger charge is 2.28. The minimum absolute atomic E-state index is 0.110. The number of pyridine rings is 1. The molecule has 1 unspecified atom stereocenters. The summed E-state index contributed by atoms with van der Waals surface area (Å²) in [5.74, 6) is 1.58. The Morgan fingerprint density at radius 3 is 2.86 bits per heavy atom. The van der Waals surface area contributed by atoms with Crippen LogP contribution in [0.3, 0.4) is 0 Å². The van der Waals surface area contributed by atoms with Crippen molar-refractivity contribution in [2.45, 2.75) is 19.3 Å². The van der Waals surface area contributed by atoms with Crippen molar-refractivity contribution in [1.29, 1.82) is 0 Å². The summed E-state index contributed by atoms with van der Waals surface area (Å²) in [5.41, 5.74) is 3.18. The van der Waals surface area contributed by atoms with Crippen molar-refractivity contribution >= 4 is 0 Å². The van der Waals surface area contributed by atoms with Crippen molar-refractivity contribution in [3.8, 4) is 28.7 Å². The van der Waals surface area contributed by atoms with Crippen LogP contribution in [0.2, 0.25) is 0 Å². The van der Waals surface area contributed by atoms with Gasteiger partial charge in [0.25, 0.3) is 5.89 Å². The Morgan fingerprint density at radius 2 is 2.07 bits per heavy atom. The molecule has 1 aromatic carbocycles. The van der Waals surface area contributed by atoms with Crippen LogP contribution in [0.4, 0.5) is 0 Å². The summed E-state index contributed by atoms with van der Waals surface area (Å²) in [6.07, 6.45) is 3.26. The second-order valence-electron chi connectivity index (χ2n) is 6.30. The molecule has 3 aromatic heterocycles. The molecule has 5 rings (SSSR count). The van der Waals surface area contributed by atoms with Gasteiger partial charge in [-0.25, -0.2) is 4.68 Å². The van der Waals surface area contributed by atoms with Gasteiger partial charge in [-0.1, -0.05) is 22.5 Å². The van der Waals surface area contributed by atoms with Gasteiger partial charge in [0.2, 0.25) is 5.82 Å². The number of fused-ring (bicyclic) bond motifs is 1. The fourth-order valence-electron chi connectivity index (χ4n) is 3.13. The molecular formula is C19H16N6O3. The second-order valence-corrected chi connectivity index (χ2v) is 6.30. The molecule has 0 aliphatic carbocycles. The highest BCUT2D eigenvalue weighted by Crippen LogP contribution is 2.31. The average molecular weight is 376 g/mol. The van der Waals surface area contributed by atoms with E-state index in [-0.39, 0.29) is 6.10 Å². The van der Waals surface area contributed by atoms with Crippen LogP contribution in [-0.2, 0) is 17.9 Å². The third-order valence-electron chi connectivity index (χ3n) is 4.63. The molecule has 28 heavy (non-hydrogen) atoms. The van der Waals surface area contributed by atoms with Gasteiger partial charge >= 0.3 is 0 Å². The molecule has 140 valence electrons. The van der Waals surface area contributed by atoms with Crippen LogP contribution in [0.1, 0.15) is 17.4 Å². The number of methoxy groups -OCH3 is 1. The van der Waals surface area contributed by atoms with Gasteiger partial charge in [-0.3, -0.25) is 4.98 Å². The zero-order chi connectivity index (χ0) is 18.9. The Labute approximate surface area is 159 Å². The number of hydrogen-bond acceptors (Lipinski definition) is 8. The molecule has 9 nitrogen and oxygen atoms in total. The number of benzene rings is 1. The summed E-state index contributed by atoms with van der Waals surface area (Å²) in [7, 11) is 1.65. The Bertz CT molecular complexity index is 1090. The van der Waals surface area contributed by atoms with Gasteiger partial charge in [-0.15, -0.1) is 5.10 Å². The van der Waals surface area contributed by atoms with Crippen LogP contribution in [-0.4, -0.2) is 37.2 Å². The third-order valence-corrected chi connectivity index (χ3v) is 4.63. The summed E-state index contributed by atoms with van der Waals surface area (Å²) >= 11 is 0. The van der Waals surface area contributed by atoms with Crippen LogP contribution < -0.4 is 4.74 Å². The lowest BCUT2D eigenvalue weighted by Crippen LogP contribution is -2.22. The summed E-state index contributed by atoms with van der Waals surface area (Å²) in [5, 5.41) is 12.5. The van der Waals surface area contributed by atoms with E-state index in [1.807, 2.05) is 41.1 Å². The maximum Gasteiger partial charge on any atom is 0.280 e. The first-order valence-electron chi connectivity index (χ1n) is 8.74. The normalized spacial score (nSPS) is 16.0. The first kappa shape index (κ1) is 16.6. The average Bonchev–Trinajstić information content (AvgIpc) is 3.41. The molecule has 0 N–H and O–H groups in total. The molecular weight excluding hydrogens is 360 g/mol. The van der Waals surface area contributed by atoms with Gasteiger partial charge in [-0.2, -0.15) is 4.98 Å². The molecule has 1 atom stereocenters. The number of aromatic nitrogens is 6. The largest absolute Gasteiger partial charge is 0.497 e. The Hall–Kier alpha value is -3.59. The zero-order valence-electron chi connectivity index (χ0n) is 15.0. The molecule has 4 heterocycles. The van der Waals surface area contributed by atoms with E-state index >= 15 is 0 Å². The molecule has 4 aromatic rings. The fourth-order valence-corrected chi connectivity index (χ4v) is 3.13. The van der Waals surface area contributed by atoms with Crippen LogP contribution in [0.5, 0.6) is 5.75 Å². The molecule has 0 saturated carbocycles. The van der Waals surface area contributed by atoms with Crippen LogP contribution in [0, 0.1) is 0 Å². The van der Waals surface area contributed by atoms with E-state index in [0.29, 0.717) is 30.6 Å². The fraction of sp³-hybridized carbons (Fsp3) is 0.211. The number of hydrogen-bond donors (Lipinski definition) is 0. The van der Waals surface area contributed by atoms with E-state index in [2.05, 4.69) is 25.4 Å². The maximum atomic E-state index is 6.03. The van der Waals surface area contributed by atoms with E-state index < -0.39 is 0 Å². The minimum atomic E-state index is -0.110. The van der Waals surface area contributed by atoms with Crippen molar-refractivity contribution < 1.29 is 14.0 Å². The molecule has 0 amide bonds. The Morgan fingerprint density at radius 1 is 1.18 bits per heavy atom. The number of nitrogens with zero attached hydrogens (tertiary/aromatic N) is 6. The van der Waals surface area contributed by atoms with Crippen molar-refractivity contribution in [3.05, 3.63) is 60.0 Å². The van der Waals surface area contributed by atoms with Gasteiger partial charge < -0.3 is 14.0 Å². The SMILES string of the molecule is COc1ccc(C2Cn3nnc(-c4nc(-c5cccnc5)no4)c3CO2)cc1. The number of ether oxygens (including phenoxy) is 2. The highest BCUT2D eigenvalue weighted by molar-refractivity contribution is 5.57. The molecule has 0 fully saturated rings. The van der Waals surface area contributed by atoms with Crippen molar-refractivity contribution in [2.24, 2.45) is 0 Å². The van der Waals surface area contributed by atoms with Gasteiger partial charge in [0.05, 0.1) is 26.0 Å². The standard InChI is InChI=1S/C19H16N6O3/c1-26-14-6-4-12(5-7-14)16-10-25-15(11-27-16)17(22-24-25)19-21-18(23-28-19)13-3-2-8-20-9-13/h2-9,16H,10-11H2,1H3. The second kappa shape index (κ2) is 6.86. The van der Waals surface area contributed by atoms with Gasteiger partial charge in [0, 0.05) is 18.0 Å². The van der Waals surface area contributed by atoms with E-state index in [0.717, 1.165) is 22.6 Å². The molecule has 0 radical (unpaired) electrons. The summed E-state index contributed by atoms with van der Waals surface area (Å²) in [6, 6.07) is 11.5. The zero-order valence-corrected chi connectivity index (χ0v) is 15.0. The smallest absolute Gasteiger partial charge is 0.280 e. The van der Waals surface area contributed by atoms with Crippen LogP contribution in [0.15, 0.2) is 53.3 Å². The predicted molar refractivity (Wildman–Crippen MR) is 97.1 cm³/mol. The third kappa shape index (κ3) is 2.91. The van der Waals surface area contributed by atoms with E-state index in [4.69, 9.17) is 14.0 Å². The van der Waals surface area contributed by atoms with E-state index in [9.17, 15) is 0 Å². The number of rotatable bonds is 4. The van der Waals surface area contributed by atoms with Crippen LogP contribution >= 0.6 is 0 Å². The van der Waals surface area contributed by atoms with E-state index in [1.165, 1.54) is 0 Å². The summed E-state index contributed by atoms with van der Waals surface area (Å²) < 4.78 is 18.5. The lowest BCUT2D eigenvalue weighted by molar-refractivity contribution is -0.00119. The molecule has 0 bridgehead atoms. The first-order chi connectivity index (χ1) is 13.8. The van der Waals surface area contributed by atoms with Gasteiger partial charge in [-0.05, 0) is 29.8 Å². The Kier molecular flexibility index (Phi) is 4.06. The molecule has 0 spiro atoms. The first-order valence-corrected chi connectivity index (χ1v) is 8.74. The lowest BCUT2D eigenvalue weighted by Gasteiger charge is -2.24. The highest BCUT2D eigenvalue weighted by atomic mass is 16.5. The van der Waals surface area contributed by atoms with Gasteiger partial charge in [0.15, 0.2) is 5.69 Å². The minimum Gasteiger partial charge on any atom is -0.497 e. The van der Waals surface area contributed by atoms with Gasteiger partial charge in [0.1, 0.15) is 11.9 Å². The molecule has 9 heteroatoms. The lowest BCUT2D eigenvalue weighted by atomic mass is 10.1. The van der Waals surface area contributed by atoms with Crippen molar-refractivity contribution in [2.75, 3.05) is 7.11 Å². The molecule has 0 saturated heterocycles. The van der Waals surface area contributed by atoms with Crippen molar-refractivity contribution in [3.63, 3.8) is 0 Å². The molecule has 1 aliphatic rings. The topological polar surface area (TPSA) is 101 Å². The summed E-state index contributed by atoms with van der Waals surface area (Å²) in [4.78, 5) is 8.49. The summed E-state index contributed by atoms with van der Waals surface area (Å²) in [6.45, 7) is 0.905. The van der Waals surface area contributed by atoms with E-state index in [1.54, 1.807) is 19.5 Å². The quantitative estimate of drug-likeness (QED) is 0.536. The monoisotopic (exact) mass is 376 g/mol. The van der Waals surface area contributed by atoms with Crippen molar-refractivity contribution in [1.82, 2.24) is 30.1 Å². The van der Waals surface area contributed by atoms with Crippen LogP contribution in [0.25, 0.3) is 23.0 Å². The maximum absolute atomic E-state index is 6.03. The predicted octanol–water partition coefficient (Wildman–Crippen LogP) is 2.67.